The molecular weight excluding hydrogens is 206 g/mol. The average molecular weight is 223 g/mol. The molecule has 0 amide bonds. The summed E-state index contributed by atoms with van der Waals surface area (Å²) in [6.07, 6.45) is 5.05. The maximum Gasteiger partial charge on any atom is 0.332 e. The number of carbonyl (C=O) groups is 1. The van der Waals surface area contributed by atoms with E-state index < -0.39 is 12.1 Å². The zero-order valence-electron chi connectivity index (χ0n) is 9.43. The van der Waals surface area contributed by atoms with Gasteiger partial charge in [-0.3, -0.25) is 4.98 Å². The van der Waals surface area contributed by atoms with Crippen molar-refractivity contribution in [1.29, 1.82) is 0 Å². The maximum absolute atomic E-state index is 10.7. The van der Waals surface area contributed by atoms with E-state index in [1.54, 1.807) is 12.4 Å². The Balaban J connectivity index is 2.19. The molecule has 1 aromatic heterocycles. The smallest absolute Gasteiger partial charge is 0.332 e. The van der Waals surface area contributed by atoms with Gasteiger partial charge in [0.2, 0.25) is 0 Å². The predicted octanol–water partition coefficient (Wildman–Crippen LogP) is 1.89. The molecule has 4 heteroatoms. The highest BCUT2D eigenvalue weighted by Crippen LogP contribution is 2.03. The Morgan fingerprint density at radius 1 is 1.50 bits per heavy atom. The zero-order chi connectivity index (χ0) is 11.8. The van der Waals surface area contributed by atoms with Crippen molar-refractivity contribution in [1.82, 2.24) is 4.98 Å². The van der Waals surface area contributed by atoms with Crippen molar-refractivity contribution in [2.75, 3.05) is 6.61 Å². The van der Waals surface area contributed by atoms with Gasteiger partial charge < -0.3 is 9.84 Å². The van der Waals surface area contributed by atoms with Gasteiger partial charge in [-0.15, -0.1) is 0 Å². The number of carboxylic acids is 1. The van der Waals surface area contributed by atoms with Gasteiger partial charge in [0.15, 0.2) is 6.10 Å². The molecule has 4 nitrogen and oxygen atoms in total. The molecule has 1 N–H and O–H groups in total. The fourth-order valence-electron chi connectivity index (χ4n) is 1.42. The quantitative estimate of drug-likeness (QED) is 0.717. The second kappa shape index (κ2) is 6.95. The summed E-state index contributed by atoms with van der Waals surface area (Å²) in [7, 11) is 0. The minimum atomic E-state index is -0.883. The number of aromatic nitrogens is 1. The Kier molecular flexibility index (Phi) is 5.50. The number of nitrogens with zero attached hydrogens (tertiary/aromatic N) is 1. The molecule has 1 unspecified atom stereocenters. The number of hydrogen-bond donors (Lipinski definition) is 1. The Bertz CT molecular complexity index is 313. The molecule has 0 aromatic carbocycles. The molecular formula is C12H17NO3. The number of aryl methyl sites for hydroxylation is 1. The van der Waals surface area contributed by atoms with Crippen LogP contribution in [0.5, 0.6) is 0 Å². The second-order valence-electron chi connectivity index (χ2n) is 3.56. The molecule has 0 saturated heterocycles. The van der Waals surface area contributed by atoms with Crippen LogP contribution in [0.15, 0.2) is 24.5 Å². The third-order valence-corrected chi connectivity index (χ3v) is 2.32. The molecule has 1 aromatic rings. The number of hydrogen-bond acceptors (Lipinski definition) is 3. The van der Waals surface area contributed by atoms with Gasteiger partial charge in [0.25, 0.3) is 0 Å². The molecule has 1 rings (SSSR count). The van der Waals surface area contributed by atoms with Gasteiger partial charge in [-0.1, -0.05) is 6.92 Å². The van der Waals surface area contributed by atoms with Crippen molar-refractivity contribution in [3.63, 3.8) is 0 Å². The van der Waals surface area contributed by atoms with Crippen molar-refractivity contribution < 1.29 is 14.6 Å². The fourth-order valence-corrected chi connectivity index (χ4v) is 1.42. The first-order chi connectivity index (χ1) is 7.74. The largest absolute Gasteiger partial charge is 0.479 e. The van der Waals surface area contributed by atoms with Crippen LogP contribution in [0, 0.1) is 0 Å². The topological polar surface area (TPSA) is 59.4 Å². The molecule has 0 aliphatic carbocycles. The number of carboxylic acid groups (broad SMARTS) is 1. The van der Waals surface area contributed by atoms with Crippen molar-refractivity contribution in [2.45, 2.75) is 32.3 Å². The average Bonchev–Trinajstić information content (AvgIpc) is 2.30. The summed E-state index contributed by atoms with van der Waals surface area (Å²) in [5.41, 5.74) is 1.20. The van der Waals surface area contributed by atoms with Crippen molar-refractivity contribution in [3.8, 4) is 0 Å². The van der Waals surface area contributed by atoms with Gasteiger partial charge in [-0.2, -0.15) is 0 Å². The molecule has 0 radical (unpaired) electrons. The molecule has 0 spiro atoms. The number of pyridine rings is 1. The Morgan fingerprint density at radius 2 is 2.19 bits per heavy atom. The Hall–Kier alpha value is -1.42. The van der Waals surface area contributed by atoms with Gasteiger partial charge >= 0.3 is 5.97 Å². The van der Waals surface area contributed by atoms with Crippen LogP contribution in [0.4, 0.5) is 0 Å². The van der Waals surface area contributed by atoms with Crippen LogP contribution in [0.1, 0.15) is 25.3 Å². The third-order valence-electron chi connectivity index (χ3n) is 2.32. The lowest BCUT2D eigenvalue weighted by molar-refractivity contribution is -0.150. The first kappa shape index (κ1) is 12.6. The lowest BCUT2D eigenvalue weighted by atomic mass is 10.1. The summed E-state index contributed by atoms with van der Waals surface area (Å²) in [5.74, 6) is -0.883. The SMILES string of the molecule is CCC(OCCCc1ccncc1)C(=O)O. The Morgan fingerprint density at radius 3 is 2.75 bits per heavy atom. The van der Waals surface area contributed by atoms with Gasteiger partial charge in [0.05, 0.1) is 0 Å². The minimum Gasteiger partial charge on any atom is -0.479 e. The highest BCUT2D eigenvalue weighted by molar-refractivity contribution is 5.72. The number of rotatable bonds is 7. The first-order valence-corrected chi connectivity index (χ1v) is 5.47. The molecule has 0 aliphatic heterocycles. The van der Waals surface area contributed by atoms with Crippen LogP contribution in [-0.2, 0) is 16.0 Å². The van der Waals surface area contributed by atoms with Crippen molar-refractivity contribution in [3.05, 3.63) is 30.1 Å². The Labute approximate surface area is 95.3 Å². The van der Waals surface area contributed by atoms with E-state index in [0.29, 0.717) is 13.0 Å². The van der Waals surface area contributed by atoms with Gasteiger partial charge in [-0.25, -0.2) is 4.79 Å². The molecule has 0 bridgehead atoms. The summed E-state index contributed by atoms with van der Waals surface area (Å²) in [4.78, 5) is 14.6. The van der Waals surface area contributed by atoms with Crippen LogP contribution in [0.25, 0.3) is 0 Å². The molecule has 0 aliphatic rings. The van der Waals surface area contributed by atoms with Gasteiger partial charge in [0, 0.05) is 19.0 Å². The van der Waals surface area contributed by atoms with Crippen molar-refractivity contribution >= 4 is 5.97 Å². The highest BCUT2D eigenvalue weighted by atomic mass is 16.5. The predicted molar refractivity (Wildman–Crippen MR) is 60.2 cm³/mol. The van der Waals surface area contributed by atoms with E-state index in [1.165, 1.54) is 5.56 Å². The van der Waals surface area contributed by atoms with Crippen LogP contribution >= 0.6 is 0 Å². The van der Waals surface area contributed by atoms with E-state index in [1.807, 2.05) is 19.1 Å². The van der Waals surface area contributed by atoms with Crippen molar-refractivity contribution in [2.24, 2.45) is 0 Å². The van der Waals surface area contributed by atoms with E-state index in [4.69, 9.17) is 9.84 Å². The van der Waals surface area contributed by atoms with E-state index in [9.17, 15) is 4.79 Å². The molecule has 16 heavy (non-hydrogen) atoms. The lowest BCUT2D eigenvalue weighted by Crippen LogP contribution is -2.23. The maximum atomic E-state index is 10.7. The summed E-state index contributed by atoms with van der Waals surface area (Å²) >= 11 is 0. The molecule has 1 atom stereocenters. The molecule has 1 heterocycles. The minimum absolute atomic E-state index is 0.479. The second-order valence-corrected chi connectivity index (χ2v) is 3.56. The highest BCUT2D eigenvalue weighted by Gasteiger charge is 2.14. The molecule has 0 saturated carbocycles. The number of aliphatic carboxylic acids is 1. The monoisotopic (exact) mass is 223 g/mol. The van der Waals surface area contributed by atoms with E-state index in [0.717, 1.165) is 12.8 Å². The van der Waals surface area contributed by atoms with Crippen LogP contribution < -0.4 is 0 Å². The van der Waals surface area contributed by atoms with Crippen LogP contribution in [-0.4, -0.2) is 28.8 Å². The lowest BCUT2D eigenvalue weighted by Gasteiger charge is -2.10. The van der Waals surface area contributed by atoms with Crippen LogP contribution in [0.2, 0.25) is 0 Å². The third kappa shape index (κ3) is 4.40. The van der Waals surface area contributed by atoms with E-state index >= 15 is 0 Å². The normalized spacial score (nSPS) is 12.3. The first-order valence-electron chi connectivity index (χ1n) is 5.47. The van der Waals surface area contributed by atoms with E-state index in [-0.39, 0.29) is 0 Å². The summed E-state index contributed by atoms with van der Waals surface area (Å²) in [6.45, 7) is 2.29. The summed E-state index contributed by atoms with van der Waals surface area (Å²) < 4.78 is 5.26. The molecule has 0 fully saturated rings. The zero-order valence-corrected chi connectivity index (χ0v) is 9.43. The summed E-state index contributed by atoms with van der Waals surface area (Å²) in [6, 6.07) is 3.91. The summed E-state index contributed by atoms with van der Waals surface area (Å²) in [5, 5.41) is 8.76. The van der Waals surface area contributed by atoms with Crippen LogP contribution in [0.3, 0.4) is 0 Å². The number of ether oxygens (including phenoxy) is 1. The van der Waals surface area contributed by atoms with E-state index in [2.05, 4.69) is 4.98 Å². The molecule has 88 valence electrons. The fraction of sp³-hybridized carbons (Fsp3) is 0.500. The standard InChI is InChI=1S/C12H17NO3/c1-2-11(12(14)15)16-9-3-4-10-5-7-13-8-6-10/h5-8,11H,2-4,9H2,1H3,(H,14,15). The van der Waals surface area contributed by atoms with Gasteiger partial charge in [0.1, 0.15) is 0 Å². The van der Waals surface area contributed by atoms with Gasteiger partial charge in [-0.05, 0) is 37.0 Å².